The van der Waals surface area contributed by atoms with Crippen molar-refractivity contribution in [2.24, 2.45) is 0 Å². The number of nitrogens with one attached hydrogen (secondary N) is 1. The van der Waals surface area contributed by atoms with Gasteiger partial charge in [0.25, 0.3) is 0 Å². The number of halogens is 2. The van der Waals surface area contributed by atoms with Gasteiger partial charge in [0.1, 0.15) is 5.75 Å². The van der Waals surface area contributed by atoms with Gasteiger partial charge in [-0.05, 0) is 68.3 Å². The molecule has 0 saturated heterocycles. The molecule has 1 N–H and O–H groups in total. The van der Waals surface area contributed by atoms with Crippen molar-refractivity contribution >= 4 is 50.9 Å². The lowest BCUT2D eigenvalue weighted by atomic mass is 10.1. The van der Waals surface area contributed by atoms with E-state index >= 15 is 0 Å². The summed E-state index contributed by atoms with van der Waals surface area (Å²) in [4.78, 5) is 12.4. The highest BCUT2D eigenvalue weighted by molar-refractivity contribution is 9.10. The minimum Gasteiger partial charge on any atom is -0.483 e. The molecule has 3 aromatic rings. The molecule has 0 aliphatic heterocycles. The van der Waals surface area contributed by atoms with Crippen LogP contribution in [0.15, 0.2) is 58.7 Å². The molecule has 168 valence electrons. The van der Waals surface area contributed by atoms with Gasteiger partial charge in [-0.3, -0.25) is 9.36 Å². The van der Waals surface area contributed by atoms with Crippen LogP contribution in [-0.4, -0.2) is 26.4 Å². The number of hydrogen-bond acceptors (Lipinski definition) is 5. The van der Waals surface area contributed by atoms with Gasteiger partial charge >= 0.3 is 0 Å². The highest BCUT2D eigenvalue weighted by Crippen LogP contribution is 2.30. The Morgan fingerprint density at radius 3 is 2.56 bits per heavy atom. The van der Waals surface area contributed by atoms with E-state index in [1.54, 1.807) is 6.08 Å². The Bertz CT molecular complexity index is 1090. The van der Waals surface area contributed by atoms with Crippen molar-refractivity contribution in [1.29, 1.82) is 0 Å². The van der Waals surface area contributed by atoms with Crippen molar-refractivity contribution < 1.29 is 9.53 Å². The fourth-order valence-electron chi connectivity index (χ4n) is 3.10. The van der Waals surface area contributed by atoms with Crippen LogP contribution in [0.1, 0.15) is 30.0 Å². The van der Waals surface area contributed by atoms with Crippen LogP contribution in [0.4, 0.5) is 5.69 Å². The van der Waals surface area contributed by atoms with Gasteiger partial charge in [-0.25, -0.2) is 0 Å². The molecule has 0 saturated carbocycles. The Morgan fingerprint density at radius 1 is 1.28 bits per heavy atom. The molecule has 0 fully saturated rings. The van der Waals surface area contributed by atoms with Gasteiger partial charge in [-0.15, -0.1) is 16.8 Å². The predicted octanol–water partition coefficient (Wildman–Crippen LogP) is 6.37. The summed E-state index contributed by atoms with van der Waals surface area (Å²) in [7, 11) is 0. The molecule has 0 spiro atoms. The zero-order chi connectivity index (χ0) is 23.3. The third-order valence-corrected chi connectivity index (χ3v) is 6.70. The van der Waals surface area contributed by atoms with Gasteiger partial charge in [0.2, 0.25) is 5.91 Å². The molecule has 0 aliphatic rings. The van der Waals surface area contributed by atoms with Crippen LogP contribution in [0.5, 0.6) is 5.75 Å². The maximum absolute atomic E-state index is 12.4. The third-order valence-electron chi connectivity index (χ3n) is 4.60. The van der Waals surface area contributed by atoms with E-state index in [0.29, 0.717) is 23.3 Å². The second-order valence-corrected chi connectivity index (χ2v) is 9.45. The molecule has 3 rings (SSSR count). The van der Waals surface area contributed by atoms with E-state index in [0.717, 1.165) is 26.3 Å². The van der Waals surface area contributed by atoms with Crippen molar-refractivity contribution in [3.63, 3.8) is 0 Å². The van der Waals surface area contributed by atoms with Gasteiger partial charge in [-0.1, -0.05) is 45.4 Å². The number of amides is 1. The van der Waals surface area contributed by atoms with E-state index in [-0.39, 0.29) is 17.8 Å². The average Bonchev–Trinajstić information content (AvgIpc) is 3.15. The smallest absolute Gasteiger partial charge is 0.234 e. The van der Waals surface area contributed by atoms with Gasteiger partial charge in [0, 0.05) is 21.7 Å². The first-order valence-electron chi connectivity index (χ1n) is 9.94. The second kappa shape index (κ2) is 11.0. The summed E-state index contributed by atoms with van der Waals surface area (Å²) in [5.41, 5.74) is 2.64. The molecule has 0 aliphatic carbocycles. The van der Waals surface area contributed by atoms with Crippen molar-refractivity contribution in [1.82, 2.24) is 14.8 Å². The number of carbonyl (C=O) groups is 1. The number of benzene rings is 2. The van der Waals surface area contributed by atoms with Crippen molar-refractivity contribution in [2.45, 2.75) is 38.6 Å². The van der Waals surface area contributed by atoms with Crippen molar-refractivity contribution in [3.05, 3.63) is 75.5 Å². The lowest BCUT2D eigenvalue weighted by Gasteiger charge is -2.17. The standard InChI is InChI=1S/C23H24BrClN4O2S/c1-5-10-29-22(16(4)31-19-11-14(2)21(25)15(3)12-19)27-28-23(29)32-13-20(30)26-18-8-6-17(24)7-9-18/h5-9,11-12,16H,1,10,13H2,2-4H3,(H,26,30). The van der Waals surface area contributed by atoms with Crippen LogP contribution in [0.2, 0.25) is 5.02 Å². The van der Waals surface area contributed by atoms with Crippen molar-refractivity contribution in [2.75, 3.05) is 11.1 Å². The Morgan fingerprint density at radius 2 is 1.94 bits per heavy atom. The third kappa shape index (κ3) is 6.15. The number of carbonyl (C=O) groups excluding carboxylic acids is 1. The molecule has 9 heteroatoms. The van der Waals surface area contributed by atoms with E-state index in [9.17, 15) is 4.79 Å². The molecule has 1 aromatic heterocycles. The van der Waals surface area contributed by atoms with E-state index in [4.69, 9.17) is 16.3 Å². The molecule has 0 bridgehead atoms. The maximum atomic E-state index is 12.4. The van der Waals surface area contributed by atoms with Crippen LogP contribution in [0.3, 0.4) is 0 Å². The van der Waals surface area contributed by atoms with E-state index in [2.05, 4.69) is 38.0 Å². The number of ether oxygens (including phenoxy) is 1. The number of thioether (sulfide) groups is 1. The Kier molecular flexibility index (Phi) is 8.39. The van der Waals surface area contributed by atoms with Crippen LogP contribution < -0.4 is 10.1 Å². The minimum absolute atomic E-state index is 0.122. The van der Waals surface area contributed by atoms with E-state index in [1.807, 2.05) is 61.7 Å². The molecular weight excluding hydrogens is 512 g/mol. The Labute approximate surface area is 205 Å². The molecule has 1 amide bonds. The van der Waals surface area contributed by atoms with E-state index in [1.165, 1.54) is 11.8 Å². The normalized spacial score (nSPS) is 11.8. The first-order chi connectivity index (χ1) is 15.3. The predicted molar refractivity (Wildman–Crippen MR) is 134 cm³/mol. The van der Waals surface area contributed by atoms with Crippen LogP contribution in [0, 0.1) is 13.8 Å². The number of aryl methyl sites for hydroxylation is 2. The number of hydrogen-bond donors (Lipinski definition) is 1. The van der Waals surface area contributed by atoms with Gasteiger partial charge < -0.3 is 10.1 Å². The zero-order valence-corrected chi connectivity index (χ0v) is 21.2. The monoisotopic (exact) mass is 534 g/mol. The molecule has 32 heavy (non-hydrogen) atoms. The number of nitrogens with zero attached hydrogens (tertiary/aromatic N) is 3. The SMILES string of the molecule is C=CCn1c(SCC(=O)Nc2ccc(Br)cc2)nnc1C(C)Oc1cc(C)c(Cl)c(C)c1. The van der Waals surface area contributed by atoms with Crippen LogP contribution in [-0.2, 0) is 11.3 Å². The molecule has 0 radical (unpaired) electrons. The van der Waals surface area contributed by atoms with Gasteiger partial charge in [0.05, 0.1) is 5.75 Å². The first kappa shape index (κ1) is 24.4. The average molecular weight is 536 g/mol. The largest absolute Gasteiger partial charge is 0.483 e. The Balaban J connectivity index is 1.69. The summed E-state index contributed by atoms with van der Waals surface area (Å²) in [5.74, 6) is 1.46. The topological polar surface area (TPSA) is 69.0 Å². The summed E-state index contributed by atoms with van der Waals surface area (Å²) in [6, 6.07) is 11.2. The molecule has 2 aromatic carbocycles. The molecule has 1 unspecified atom stereocenters. The number of anilines is 1. The second-order valence-electron chi connectivity index (χ2n) is 7.21. The lowest BCUT2D eigenvalue weighted by molar-refractivity contribution is -0.113. The highest BCUT2D eigenvalue weighted by Gasteiger charge is 2.20. The number of aromatic nitrogens is 3. The summed E-state index contributed by atoms with van der Waals surface area (Å²) in [6.45, 7) is 10.1. The summed E-state index contributed by atoms with van der Waals surface area (Å²) in [6.07, 6.45) is 1.41. The zero-order valence-electron chi connectivity index (χ0n) is 18.1. The Hall–Kier alpha value is -2.29. The molecular formula is C23H24BrClN4O2S. The minimum atomic E-state index is -0.353. The molecule has 6 nitrogen and oxygen atoms in total. The maximum Gasteiger partial charge on any atom is 0.234 e. The van der Waals surface area contributed by atoms with Crippen LogP contribution >= 0.6 is 39.3 Å². The van der Waals surface area contributed by atoms with Crippen LogP contribution in [0.25, 0.3) is 0 Å². The van der Waals surface area contributed by atoms with Gasteiger partial charge in [-0.2, -0.15) is 0 Å². The fourth-order valence-corrected chi connectivity index (χ4v) is 4.23. The molecule has 1 heterocycles. The van der Waals surface area contributed by atoms with Crippen molar-refractivity contribution in [3.8, 4) is 5.75 Å². The fraction of sp³-hybridized carbons (Fsp3) is 0.261. The quantitative estimate of drug-likeness (QED) is 0.255. The summed E-state index contributed by atoms with van der Waals surface area (Å²) < 4.78 is 8.98. The van der Waals surface area contributed by atoms with E-state index < -0.39 is 0 Å². The molecule has 1 atom stereocenters. The van der Waals surface area contributed by atoms with Gasteiger partial charge in [0.15, 0.2) is 17.1 Å². The summed E-state index contributed by atoms with van der Waals surface area (Å²) in [5, 5.41) is 12.8. The number of allylic oxidation sites excluding steroid dienone is 1. The highest BCUT2D eigenvalue weighted by atomic mass is 79.9. The lowest BCUT2D eigenvalue weighted by Crippen LogP contribution is -2.15. The summed E-state index contributed by atoms with van der Waals surface area (Å²) >= 11 is 11.0. The number of rotatable bonds is 9. The first-order valence-corrected chi connectivity index (χ1v) is 12.1.